The second-order valence-corrected chi connectivity index (χ2v) is 12.0. The van der Waals surface area contributed by atoms with Gasteiger partial charge in [0, 0.05) is 67.8 Å². The summed E-state index contributed by atoms with van der Waals surface area (Å²) in [5, 5.41) is 8.91. The summed E-state index contributed by atoms with van der Waals surface area (Å²) in [6, 6.07) is 4.20. The summed E-state index contributed by atoms with van der Waals surface area (Å²) in [5.74, 6) is 1.56. The third-order valence-electron chi connectivity index (χ3n) is 6.46. The predicted octanol–water partition coefficient (Wildman–Crippen LogP) is 1.54. The smallest absolute Gasteiger partial charge is 0.211 e. The van der Waals surface area contributed by atoms with Gasteiger partial charge in [-0.3, -0.25) is 10.00 Å². The number of morpholine rings is 1. The molecule has 1 N–H and O–H groups in total. The molecule has 0 spiro atoms. The lowest BCUT2D eigenvalue weighted by molar-refractivity contribution is 0.122. The number of piperazine rings is 1. The van der Waals surface area contributed by atoms with Gasteiger partial charge in [-0.25, -0.2) is 23.4 Å². The Bertz CT molecular complexity index is 1470. The fraction of sp³-hybridized carbons (Fsp3) is 0.455. The van der Waals surface area contributed by atoms with Gasteiger partial charge in [0.2, 0.25) is 10.0 Å². The Morgan fingerprint density at radius 3 is 2.63 bits per heavy atom. The number of nitrogens with zero attached hydrogens (tertiary/aromatic N) is 7. The molecule has 0 saturated carbocycles. The van der Waals surface area contributed by atoms with Gasteiger partial charge in [0.05, 0.1) is 31.1 Å². The summed E-state index contributed by atoms with van der Waals surface area (Å²) in [5.41, 5.74) is 1.58. The third kappa shape index (κ3) is 4.61. The van der Waals surface area contributed by atoms with Gasteiger partial charge in [0.15, 0.2) is 11.5 Å². The first kappa shape index (κ1) is 22.7. The Kier molecular flexibility index (Phi) is 5.89. The van der Waals surface area contributed by atoms with E-state index in [9.17, 15) is 8.42 Å². The zero-order valence-corrected chi connectivity index (χ0v) is 21.0. The molecular weight excluding hydrogens is 488 g/mol. The number of nitrogens with one attached hydrogen (secondary N) is 1. The summed E-state index contributed by atoms with van der Waals surface area (Å²) in [4.78, 5) is 21.1. The van der Waals surface area contributed by atoms with Gasteiger partial charge in [0.1, 0.15) is 10.6 Å². The van der Waals surface area contributed by atoms with Gasteiger partial charge < -0.3 is 9.64 Å². The number of aromatic nitrogens is 5. The van der Waals surface area contributed by atoms with E-state index in [2.05, 4.69) is 31.0 Å². The Balaban J connectivity index is 1.33. The molecule has 0 unspecified atom stereocenters. The van der Waals surface area contributed by atoms with Crippen LogP contribution in [-0.4, -0.2) is 102 Å². The van der Waals surface area contributed by atoms with E-state index >= 15 is 0 Å². The molecule has 0 amide bonds. The van der Waals surface area contributed by atoms with Crippen LogP contribution in [-0.2, 0) is 21.3 Å². The van der Waals surface area contributed by atoms with Crippen molar-refractivity contribution >= 4 is 48.4 Å². The number of hydrogen-bond donors (Lipinski definition) is 1. The molecule has 0 aliphatic carbocycles. The normalized spacial score (nSPS) is 18.6. The lowest BCUT2D eigenvalue weighted by Crippen LogP contribution is -2.47. The highest BCUT2D eigenvalue weighted by molar-refractivity contribution is 7.88. The van der Waals surface area contributed by atoms with E-state index in [4.69, 9.17) is 14.7 Å². The van der Waals surface area contributed by atoms with Crippen LogP contribution in [0.3, 0.4) is 0 Å². The molecule has 0 aromatic carbocycles. The van der Waals surface area contributed by atoms with E-state index in [1.165, 1.54) is 11.1 Å². The average Bonchev–Trinajstić information content (AvgIpc) is 3.49. The minimum atomic E-state index is -3.14. The average molecular weight is 515 g/mol. The van der Waals surface area contributed by atoms with Gasteiger partial charge in [0.25, 0.3) is 0 Å². The number of hydrogen-bond acceptors (Lipinski definition) is 10. The van der Waals surface area contributed by atoms with Gasteiger partial charge in [-0.2, -0.15) is 9.40 Å². The number of pyridine rings is 1. The summed E-state index contributed by atoms with van der Waals surface area (Å²) < 4.78 is 30.8. The van der Waals surface area contributed by atoms with Crippen LogP contribution in [0.5, 0.6) is 0 Å². The van der Waals surface area contributed by atoms with Crippen molar-refractivity contribution in [1.29, 1.82) is 0 Å². The van der Waals surface area contributed by atoms with Crippen molar-refractivity contribution in [3.8, 4) is 11.4 Å². The highest BCUT2D eigenvalue weighted by atomic mass is 32.2. The standard InChI is InChI=1S/C22H26N8O3S2/c1-35(31,32)30-4-2-28(3-5-30)14-17-11-18-21(29-6-8-33-9-7-29)25-20(26-22(18)34-17)15-10-16-13-24-27-19(16)23-12-15/h10-13H,2-9,14H2,1H3,(H,23,24,27). The number of rotatable bonds is 5. The van der Waals surface area contributed by atoms with Gasteiger partial charge >= 0.3 is 0 Å². The molecule has 4 aromatic heterocycles. The molecule has 0 bridgehead atoms. The lowest BCUT2D eigenvalue weighted by atomic mass is 10.2. The van der Waals surface area contributed by atoms with E-state index in [1.807, 2.05) is 6.07 Å². The van der Waals surface area contributed by atoms with Gasteiger partial charge in [-0.05, 0) is 12.1 Å². The molecule has 0 radical (unpaired) electrons. The number of ether oxygens (including phenoxy) is 1. The third-order valence-corrected chi connectivity index (χ3v) is 8.78. The Hall–Kier alpha value is -2.71. The Morgan fingerprint density at radius 1 is 1.06 bits per heavy atom. The number of thiophene rings is 1. The number of sulfonamides is 1. The van der Waals surface area contributed by atoms with Crippen LogP contribution in [0.4, 0.5) is 5.82 Å². The number of H-pyrrole nitrogens is 1. The minimum absolute atomic E-state index is 0.524. The maximum atomic E-state index is 11.8. The van der Waals surface area contributed by atoms with Crippen LogP contribution >= 0.6 is 11.3 Å². The van der Waals surface area contributed by atoms with Crippen LogP contribution in [0.25, 0.3) is 32.6 Å². The minimum Gasteiger partial charge on any atom is -0.378 e. The molecule has 2 fully saturated rings. The van der Waals surface area contributed by atoms with Crippen molar-refractivity contribution in [2.24, 2.45) is 0 Å². The van der Waals surface area contributed by atoms with Crippen LogP contribution in [0.1, 0.15) is 4.88 Å². The Labute approximate surface area is 206 Å². The van der Waals surface area contributed by atoms with Crippen LogP contribution in [0.2, 0.25) is 0 Å². The monoisotopic (exact) mass is 514 g/mol. The summed E-state index contributed by atoms with van der Waals surface area (Å²) in [6.45, 7) is 6.14. The molecule has 0 atom stereocenters. The summed E-state index contributed by atoms with van der Waals surface area (Å²) in [6.07, 6.45) is 4.80. The summed E-state index contributed by atoms with van der Waals surface area (Å²) in [7, 11) is -3.14. The van der Waals surface area contributed by atoms with Crippen LogP contribution in [0, 0.1) is 0 Å². The summed E-state index contributed by atoms with van der Waals surface area (Å²) >= 11 is 1.67. The molecule has 13 heteroatoms. The van der Waals surface area contributed by atoms with Crippen molar-refractivity contribution < 1.29 is 13.2 Å². The largest absolute Gasteiger partial charge is 0.378 e. The molecule has 11 nitrogen and oxygen atoms in total. The lowest BCUT2D eigenvalue weighted by Gasteiger charge is -2.32. The molecule has 2 aliphatic rings. The van der Waals surface area contributed by atoms with Crippen molar-refractivity contribution in [1.82, 2.24) is 34.4 Å². The van der Waals surface area contributed by atoms with Crippen LogP contribution < -0.4 is 4.90 Å². The second-order valence-electron chi connectivity index (χ2n) is 8.87. The molecule has 6 rings (SSSR count). The maximum Gasteiger partial charge on any atom is 0.211 e. The zero-order valence-electron chi connectivity index (χ0n) is 19.3. The first-order chi connectivity index (χ1) is 16.9. The van der Waals surface area contributed by atoms with Gasteiger partial charge in [-0.15, -0.1) is 11.3 Å². The van der Waals surface area contributed by atoms with Crippen molar-refractivity contribution in [2.75, 3.05) is 63.6 Å². The zero-order chi connectivity index (χ0) is 24.0. The van der Waals surface area contributed by atoms with Crippen molar-refractivity contribution in [3.63, 3.8) is 0 Å². The maximum absolute atomic E-state index is 11.8. The van der Waals surface area contributed by atoms with E-state index < -0.39 is 10.0 Å². The van der Waals surface area contributed by atoms with Gasteiger partial charge in [-0.1, -0.05) is 0 Å². The van der Waals surface area contributed by atoms with E-state index in [0.717, 1.165) is 52.3 Å². The molecular formula is C22H26N8O3S2. The number of anilines is 1. The highest BCUT2D eigenvalue weighted by Gasteiger charge is 2.25. The first-order valence-corrected chi connectivity index (χ1v) is 14.2. The van der Waals surface area contributed by atoms with E-state index in [-0.39, 0.29) is 0 Å². The van der Waals surface area contributed by atoms with Crippen molar-refractivity contribution in [3.05, 3.63) is 29.4 Å². The van der Waals surface area contributed by atoms with Crippen molar-refractivity contribution in [2.45, 2.75) is 6.54 Å². The fourth-order valence-corrected chi connectivity index (χ4v) is 6.47. The molecule has 35 heavy (non-hydrogen) atoms. The molecule has 2 aliphatic heterocycles. The van der Waals surface area contributed by atoms with E-state index in [0.29, 0.717) is 45.2 Å². The first-order valence-electron chi connectivity index (χ1n) is 11.5. The molecule has 4 aromatic rings. The fourth-order valence-electron chi connectivity index (χ4n) is 4.58. The number of fused-ring (bicyclic) bond motifs is 2. The molecule has 6 heterocycles. The molecule has 2 saturated heterocycles. The highest BCUT2D eigenvalue weighted by Crippen LogP contribution is 2.34. The quantitative estimate of drug-likeness (QED) is 0.423. The Morgan fingerprint density at radius 2 is 1.86 bits per heavy atom. The SMILES string of the molecule is CS(=O)(=O)N1CCN(Cc2cc3c(N4CCOCC4)nc(-c4cnc5[nH]ncc5c4)nc3s2)CC1. The second kappa shape index (κ2) is 9.06. The van der Waals surface area contributed by atoms with E-state index in [1.54, 1.807) is 28.0 Å². The predicted molar refractivity (Wildman–Crippen MR) is 135 cm³/mol. The topological polar surface area (TPSA) is 120 Å². The molecule has 184 valence electrons. The number of aromatic amines is 1. The van der Waals surface area contributed by atoms with Crippen LogP contribution in [0.15, 0.2) is 24.5 Å².